The number of rotatable bonds is 6. The molecule has 1 aromatic carbocycles. The Balaban J connectivity index is 2.14. The molecule has 1 aromatic heterocycles. The highest BCUT2D eigenvalue weighted by molar-refractivity contribution is 5.81. The topological polar surface area (TPSA) is 97.5 Å². The van der Waals surface area contributed by atoms with Crippen molar-refractivity contribution in [1.29, 1.82) is 0 Å². The number of aliphatic hydroxyl groups is 1. The maximum Gasteiger partial charge on any atom is 0.416 e. The molecule has 1 atom stereocenters. The number of alkyl halides is 3. The van der Waals surface area contributed by atoms with Gasteiger partial charge >= 0.3 is 6.18 Å². The zero-order valence-corrected chi connectivity index (χ0v) is 13.0. The van der Waals surface area contributed by atoms with E-state index in [-0.39, 0.29) is 18.2 Å². The van der Waals surface area contributed by atoms with Gasteiger partial charge in [0.1, 0.15) is 11.8 Å². The quantitative estimate of drug-likeness (QED) is 0.734. The molecule has 0 aliphatic heterocycles. The average Bonchev–Trinajstić information content (AvgIpc) is 2.59. The maximum atomic E-state index is 12.8. The average molecular weight is 355 g/mol. The first-order valence-corrected chi connectivity index (χ1v) is 7.24. The number of nitrogens with two attached hydrogens (primary N) is 1. The van der Waals surface area contributed by atoms with Crippen molar-refractivity contribution in [3.05, 3.63) is 53.7 Å². The van der Waals surface area contributed by atoms with Crippen LogP contribution in [-0.4, -0.2) is 28.6 Å². The summed E-state index contributed by atoms with van der Waals surface area (Å²) in [5, 5.41) is 11.3. The van der Waals surface area contributed by atoms with Crippen LogP contribution in [0.15, 0.2) is 42.6 Å². The lowest BCUT2D eigenvalue weighted by atomic mass is 10.2. The lowest BCUT2D eigenvalue weighted by molar-refractivity contribution is -0.137. The number of aliphatic hydroxyl groups excluding tert-OH is 1. The van der Waals surface area contributed by atoms with Crippen LogP contribution < -0.4 is 15.8 Å². The summed E-state index contributed by atoms with van der Waals surface area (Å²) in [7, 11) is 0. The fraction of sp³-hybridized carbons (Fsp3) is 0.250. The molecule has 25 heavy (non-hydrogen) atoms. The van der Waals surface area contributed by atoms with Gasteiger partial charge in [-0.05, 0) is 24.3 Å². The van der Waals surface area contributed by atoms with E-state index in [2.05, 4.69) is 10.3 Å². The third-order valence-electron chi connectivity index (χ3n) is 3.21. The van der Waals surface area contributed by atoms with Gasteiger partial charge in [-0.2, -0.15) is 13.2 Å². The third kappa shape index (κ3) is 5.16. The van der Waals surface area contributed by atoms with Crippen molar-refractivity contribution >= 4 is 5.91 Å². The van der Waals surface area contributed by atoms with Gasteiger partial charge in [0, 0.05) is 18.3 Å². The van der Waals surface area contributed by atoms with Gasteiger partial charge in [-0.3, -0.25) is 4.79 Å². The summed E-state index contributed by atoms with van der Waals surface area (Å²) in [4.78, 5) is 15.6. The summed E-state index contributed by atoms with van der Waals surface area (Å²) in [5.74, 6) is -0.552. The monoisotopic (exact) mass is 355 g/mol. The molecule has 0 aliphatic rings. The van der Waals surface area contributed by atoms with Crippen LogP contribution in [0.2, 0.25) is 0 Å². The van der Waals surface area contributed by atoms with Gasteiger partial charge in [-0.1, -0.05) is 12.1 Å². The van der Waals surface area contributed by atoms with Crippen LogP contribution in [-0.2, 0) is 17.5 Å². The first kappa shape index (κ1) is 18.7. The SMILES string of the molecule is N[C@H](CO)C(=O)NCc1cccnc1Oc1cccc(C(F)(F)F)c1. The molecule has 0 unspecified atom stereocenters. The molecule has 1 heterocycles. The standard InChI is InChI=1S/C16H16F3N3O3/c17-16(18,19)11-4-1-5-12(7-11)25-15-10(3-2-6-21-15)8-22-14(24)13(20)9-23/h1-7,13,23H,8-9,20H2,(H,22,24)/t13-/m1/s1. The van der Waals surface area contributed by atoms with Crippen LogP contribution in [0.5, 0.6) is 11.6 Å². The number of nitrogens with one attached hydrogen (secondary N) is 1. The first-order valence-electron chi connectivity index (χ1n) is 7.24. The number of ether oxygens (including phenoxy) is 1. The zero-order chi connectivity index (χ0) is 18.4. The van der Waals surface area contributed by atoms with Crippen LogP contribution >= 0.6 is 0 Å². The van der Waals surface area contributed by atoms with Crippen molar-refractivity contribution in [1.82, 2.24) is 10.3 Å². The molecule has 0 saturated heterocycles. The molecule has 0 spiro atoms. The normalized spacial score (nSPS) is 12.5. The Morgan fingerprint density at radius 2 is 2.08 bits per heavy atom. The second-order valence-corrected chi connectivity index (χ2v) is 5.10. The summed E-state index contributed by atoms with van der Waals surface area (Å²) < 4.78 is 43.7. The molecule has 2 aromatic rings. The molecule has 0 radical (unpaired) electrons. The van der Waals surface area contributed by atoms with Gasteiger partial charge in [0.15, 0.2) is 0 Å². The van der Waals surface area contributed by atoms with E-state index in [1.54, 1.807) is 12.1 Å². The highest BCUT2D eigenvalue weighted by Crippen LogP contribution is 2.32. The number of pyridine rings is 1. The summed E-state index contributed by atoms with van der Waals surface area (Å²) in [5.41, 5.74) is 4.98. The molecular formula is C16H16F3N3O3. The minimum Gasteiger partial charge on any atom is -0.439 e. The zero-order valence-electron chi connectivity index (χ0n) is 13.0. The number of carbonyl (C=O) groups is 1. The summed E-state index contributed by atoms with van der Waals surface area (Å²) >= 11 is 0. The van der Waals surface area contributed by atoms with E-state index in [0.717, 1.165) is 12.1 Å². The second-order valence-electron chi connectivity index (χ2n) is 5.10. The molecule has 9 heteroatoms. The molecular weight excluding hydrogens is 339 g/mol. The Morgan fingerprint density at radius 3 is 2.76 bits per heavy atom. The molecule has 134 valence electrons. The third-order valence-corrected chi connectivity index (χ3v) is 3.21. The van der Waals surface area contributed by atoms with E-state index in [9.17, 15) is 18.0 Å². The number of amides is 1. The predicted octanol–water partition coefficient (Wildman–Crippen LogP) is 1.83. The van der Waals surface area contributed by atoms with Crippen molar-refractivity contribution in [3.8, 4) is 11.6 Å². The van der Waals surface area contributed by atoms with E-state index in [1.165, 1.54) is 18.3 Å². The fourth-order valence-corrected chi connectivity index (χ4v) is 1.89. The van der Waals surface area contributed by atoms with Crippen molar-refractivity contribution in [2.45, 2.75) is 18.8 Å². The molecule has 0 aliphatic carbocycles. The number of hydrogen-bond acceptors (Lipinski definition) is 5. The van der Waals surface area contributed by atoms with Crippen molar-refractivity contribution in [2.24, 2.45) is 5.73 Å². The van der Waals surface area contributed by atoms with Crippen molar-refractivity contribution in [2.75, 3.05) is 6.61 Å². The minimum atomic E-state index is -4.49. The highest BCUT2D eigenvalue weighted by Gasteiger charge is 2.30. The lowest BCUT2D eigenvalue weighted by Crippen LogP contribution is -2.42. The number of carbonyl (C=O) groups excluding carboxylic acids is 1. The number of hydrogen-bond donors (Lipinski definition) is 3. The largest absolute Gasteiger partial charge is 0.439 e. The Labute approximate surface area is 141 Å². The summed E-state index contributed by atoms with van der Waals surface area (Å²) in [6.45, 7) is -0.513. The van der Waals surface area contributed by atoms with E-state index in [4.69, 9.17) is 15.6 Å². The van der Waals surface area contributed by atoms with Crippen molar-refractivity contribution < 1.29 is 27.8 Å². The molecule has 0 saturated carbocycles. The van der Waals surface area contributed by atoms with E-state index in [1.807, 2.05) is 0 Å². The number of aromatic nitrogens is 1. The lowest BCUT2D eigenvalue weighted by Gasteiger charge is -2.13. The smallest absolute Gasteiger partial charge is 0.416 e. The van der Waals surface area contributed by atoms with Crippen LogP contribution in [0.1, 0.15) is 11.1 Å². The van der Waals surface area contributed by atoms with Gasteiger partial charge in [-0.25, -0.2) is 4.98 Å². The maximum absolute atomic E-state index is 12.8. The van der Waals surface area contributed by atoms with Crippen LogP contribution in [0.3, 0.4) is 0 Å². The Kier molecular flexibility index (Phi) is 5.94. The number of halogens is 3. The number of nitrogens with zero attached hydrogens (tertiary/aromatic N) is 1. The van der Waals surface area contributed by atoms with Gasteiger partial charge < -0.3 is 20.9 Å². The Hall–Kier alpha value is -2.65. The Morgan fingerprint density at radius 1 is 1.32 bits per heavy atom. The molecule has 2 rings (SSSR count). The van der Waals surface area contributed by atoms with Crippen LogP contribution in [0.4, 0.5) is 13.2 Å². The fourth-order valence-electron chi connectivity index (χ4n) is 1.89. The number of benzene rings is 1. The summed E-state index contributed by atoms with van der Waals surface area (Å²) in [6, 6.07) is 6.51. The minimum absolute atomic E-state index is 0.00529. The van der Waals surface area contributed by atoms with Crippen molar-refractivity contribution in [3.63, 3.8) is 0 Å². The van der Waals surface area contributed by atoms with Gasteiger partial charge in [0.2, 0.25) is 11.8 Å². The molecule has 0 bridgehead atoms. The van der Waals surface area contributed by atoms with E-state index >= 15 is 0 Å². The molecule has 1 amide bonds. The summed E-state index contributed by atoms with van der Waals surface area (Å²) in [6.07, 6.45) is -3.07. The first-order chi connectivity index (χ1) is 11.8. The van der Waals surface area contributed by atoms with Crippen LogP contribution in [0.25, 0.3) is 0 Å². The van der Waals surface area contributed by atoms with E-state index in [0.29, 0.717) is 5.56 Å². The highest BCUT2D eigenvalue weighted by atomic mass is 19.4. The van der Waals surface area contributed by atoms with Gasteiger partial charge in [0.25, 0.3) is 0 Å². The molecule has 0 fully saturated rings. The van der Waals surface area contributed by atoms with Gasteiger partial charge in [0.05, 0.1) is 12.2 Å². The van der Waals surface area contributed by atoms with E-state index < -0.39 is 30.3 Å². The van der Waals surface area contributed by atoms with Crippen LogP contribution in [0, 0.1) is 0 Å². The molecule has 6 nitrogen and oxygen atoms in total. The predicted molar refractivity (Wildman–Crippen MR) is 82.7 cm³/mol. The van der Waals surface area contributed by atoms with Gasteiger partial charge in [-0.15, -0.1) is 0 Å². The molecule has 4 N–H and O–H groups in total. The second kappa shape index (κ2) is 7.95. The Bertz CT molecular complexity index is 738.